The van der Waals surface area contributed by atoms with Gasteiger partial charge in [-0.2, -0.15) is 0 Å². The first-order chi connectivity index (χ1) is 10.3. The molecule has 116 valence electrons. The van der Waals surface area contributed by atoms with Crippen LogP contribution >= 0.6 is 0 Å². The fourth-order valence-corrected chi connectivity index (χ4v) is 3.40. The predicted octanol–water partition coefficient (Wildman–Crippen LogP) is 2.58. The average molecular weight is 290 g/mol. The molecule has 2 N–H and O–H groups in total. The molecule has 0 bridgehead atoms. The minimum Gasteiger partial charge on any atom is -0.486 e. The number of rotatable bonds is 5. The SMILES string of the molecule is CCCC1CCN(CC(N)c2ccc3c(c2)OCCO3)C1. The van der Waals surface area contributed by atoms with Gasteiger partial charge in [0.1, 0.15) is 13.2 Å². The van der Waals surface area contributed by atoms with E-state index in [4.69, 9.17) is 15.2 Å². The van der Waals surface area contributed by atoms with Gasteiger partial charge in [0.15, 0.2) is 11.5 Å². The fraction of sp³-hybridized carbons (Fsp3) is 0.647. The van der Waals surface area contributed by atoms with Crippen LogP contribution in [0.4, 0.5) is 0 Å². The minimum absolute atomic E-state index is 0.0428. The molecule has 2 atom stereocenters. The smallest absolute Gasteiger partial charge is 0.161 e. The van der Waals surface area contributed by atoms with Crippen LogP contribution in [0.3, 0.4) is 0 Å². The Morgan fingerprint density at radius 2 is 2.10 bits per heavy atom. The van der Waals surface area contributed by atoms with Crippen molar-refractivity contribution in [1.82, 2.24) is 4.90 Å². The number of nitrogens with zero attached hydrogens (tertiary/aromatic N) is 1. The van der Waals surface area contributed by atoms with Gasteiger partial charge in [0.2, 0.25) is 0 Å². The monoisotopic (exact) mass is 290 g/mol. The van der Waals surface area contributed by atoms with E-state index in [1.165, 1.54) is 32.4 Å². The molecule has 1 aromatic carbocycles. The maximum Gasteiger partial charge on any atom is 0.161 e. The quantitative estimate of drug-likeness (QED) is 0.905. The molecule has 1 aromatic rings. The minimum atomic E-state index is 0.0428. The van der Waals surface area contributed by atoms with Crippen LogP contribution in [0, 0.1) is 5.92 Å². The summed E-state index contributed by atoms with van der Waals surface area (Å²) in [6.45, 7) is 6.83. The van der Waals surface area contributed by atoms with Crippen LogP contribution in [0.25, 0.3) is 0 Å². The van der Waals surface area contributed by atoms with E-state index in [9.17, 15) is 0 Å². The number of benzene rings is 1. The Balaban J connectivity index is 1.59. The van der Waals surface area contributed by atoms with E-state index in [0.717, 1.165) is 29.5 Å². The second-order valence-electron chi connectivity index (χ2n) is 6.21. The van der Waals surface area contributed by atoms with Gasteiger partial charge in [-0.15, -0.1) is 0 Å². The summed E-state index contributed by atoms with van der Waals surface area (Å²) < 4.78 is 11.2. The number of hydrogen-bond donors (Lipinski definition) is 1. The molecule has 1 saturated heterocycles. The van der Waals surface area contributed by atoms with Gasteiger partial charge in [-0.3, -0.25) is 0 Å². The molecule has 3 rings (SSSR count). The van der Waals surface area contributed by atoms with Crippen molar-refractivity contribution in [3.05, 3.63) is 23.8 Å². The van der Waals surface area contributed by atoms with E-state index >= 15 is 0 Å². The third kappa shape index (κ3) is 3.50. The molecular weight excluding hydrogens is 264 g/mol. The normalized spacial score (nSPS) is 23.2. The number of fused-ring (bicyclic) bond motifs is 1. The highest BCUT2D eigenvalue weighted by molar-refractivity contribution is 5.44. The molecule has 0 aliphatic carbocycles. The van der Waals surface area contributed by atoms with Crippen molar-refractivity contribution in [1.29, 1.82) is 0 Å². The molecular formula is C17H26N2O2. The van der Waals surface area contributed by atoms with Crippen LogP contribution in [0.2, 0.25) is 0 Å². The first-order valence-corrected chi connectivity index (χ1v) is 8.13. The molecule has 2 heterocycles. The van der Waals surface area contributed by atoms with Gasteiger partial charge in [0.05, 0.1) is 0 Å². The first-order valence-electron chi connectivity index (χ1n) is 8.13. The molecule has 0 saturated carbocycles. The van der Waals surface area contributed by atoms with Gasteiger partial charge in [0.25, 0.3) is 0 Å². The molecule has 2 unspecified atom stereocenters. The Bertz CT molecular complexity index is 478. The van der Waals surface area contributed by atoms with Gasteiger partial charge in [-0.25, -0.2) is 0 Å². The van der Waals surface area contributed by atoms with Crippen LogP contribution in [-0.2, 0) is 0 Å². The summed E-state index contributed by atoms with van der Waals surface area (Å²) in [5.74, 6) is 2.53. The van der Waals surface area contributed by atoms with Crippen LogP contribution in [-0.4, -0.2) is 37.7 Å². The average Bonchev–Trinajstić information content (AvgIpc) is 2.94. The predicted molar refractivity (Wildman–Crippen MR) is 83.8 cm³/mol. The molecule has 0 amide bonds. The molecule has 0 radical (unpaired) electrons. The van der Waals surface area contributed by atoms with E-state index in [1.54, 1.807) is 0 Å². The van der Waals surface area contributed by atoms with Crippen molar-refractivity contribution in [2.75, 3.05) is 32.8 Å². The Morgan fingerprint density at radius 3 is 2.90 bits per heavy atom. The van der Waals surface area contributed by atoms with Crippen LogP contribution in [0.5, 0.6) is 11.5 Å². The van der Waals surface area contributed by atoms with Crippen LogP contribution in [0.15, 0.2) is 18.2 Å². The maximum atomic E-state index is 6.39. The van der Waals surface area contributed by atoms with Crippen LogP contribution in [0.1, 0.15) is 37.8 Å². The molecule has 1 fully saturated rings. The zero-order valence-electron chi connectivity index (χ0n) is 12.9. The number of hydrogen-bond acceptors (Lipinski definition) is 4. The van der Waals surface area contributed by atoms with Crippen molar-refractivity contribution in [2.24, 2.45) is 11.7 Å². The fourth-order valence-electron chi connectivity index (χ4n) is 3.40. The number of ether oxygens (including phenoxy) is 2. The van der Waals surface area contributed by atoms with Crippen molar-refractivity contribution in [3.63, 3.8) is 0 Å². The highest BCUT2D eigenvalue weighted by Crippen LogP contribution is 2.32. The Labute approximate surface area is 127 Å². The van der Waals surface area contributed by atoms with E-state index in [2.05, 4.69) is 17.9 Å². The van der Waals surface area contributed by atoms with Crippen molar-refractivity contribution >= 4 is 0 Å². The first kappa shape index (κ1) is 14.7. The zero-order chi connectivity index (χ0) is 14.7. The van der Waals surface area contributed by atoms with Gasteiger partial charge >= 0.3 is 0 Å². The second-order valence-corrected chi connectivity index (χ2v) is 6.21. The number of likely N-dealkylation sites (tertiary alicyclic amines) is 1. The highest BCUT2D eigenvalue weighted by atomic mass is 16.6. The molecule has 4 heteroatoms. The van der Waals surface area contributed by atoms with E-state index in [1.807, 2.05) is 12.1 Å². The highest BCUT2D eigenvalue weighted by Gasteiger charge is 2.24. The maximum absolute atomic E-state index is 6.39. The van der Waals surface area contributed by atoms with Gasteiger partial charge in [-0.1, -0.05) is 19.4 Å². The second kappa shape index (κ2) is 6.67. The van der Waals surface area contributed by atoms with Crippen molar-refractivity contribution < 1.29 is 9.47 Å². The third-order valence-electron chi connectivity index (χ3n) is 4.52. The molecule has 2 aliphatic heterocycles. The summed E-state index contributed by atoms with van der Waals surface area (Å²) in [5.41, 5.74) is 7.53. The molecule has 21 heavy (non-hydrogen) atoms. The Morgan fingerprint density at radius 1 is 1.29 bits per heavy atom. The lowest BCUT2D eigenvalue weighted by molar-refractivity contribution is 0.171. The summed E-state index contributed by atoms with van der Waals surface area (Å²) in [5, 5.41) is 0. The summed E-state index contributed by atoms with van der Waals surface area (Å²) in [4.78, 5) is 2.50. The summed E-state index contributed by atoms with van der Waals surface area (Å²) in [6, 6.07) is 6.13. The van der Waals surface area contributed by atoms with E-state index in [0.29, 0.717) is 13.2 Å². The zero-order valence-corrected chi connectivity index (χ0v) is 12.9. The molecule has 0 spiro atoms. The largest absolute Gasteiger partial charge is 0.486 e. The molecule has 0 aromatic heterocycles. The summed E-state index contributed by atoms with van der Waals surface area (Å²) in [7, 11) is 0. The Kier molecular flexibility index (Phi) is 4.66. The Hall–Kier alpha value is -1.26. The molecule has 2 aliphatic rings. The lowest BCUT2D eigenvalue weighted by Crippen LogP contribution is -2.30. The topological polar surface area (TPSA) is 47.7 Å². The van der Waals surface area contributed by atoms with Gasteiger partial charge < -0.3 is 20.1 Å². The summed E-state index contributed by atoms with van der Waals surface area (Å²) in [6.07, 6.45) is 3.95. The molecule has 4 nitrogen and oxygen atoms in total. The van der Waals surface area contributed by atoms with E-state index < -0.39 is 0 Å². The van der Waals surface area contributed by atoms with Crippen LogP contribution < -0.4 is 15.2 Å². The summed E-state index contributed by atoms with van der Waals surface area (Å²) >= 11 is 0. The lowest BCUT2D eigenvalue weighted by atomic mass is 10.0. The third-order valence-corrected chi connectivity index (χ3v) is 4.52. The standard InChI is InChI=1S/C17H26N2O2/c1-2-3-13-6-7-19(11-13)12-15(18)14-4-5-16-17(10-14)21-9-8-20-16/h4-5,10,13,15H,2-3,6-9,11-12,18H2,1H3. The van der Waals surface area contributed by atoms with Gasteiger partial charge in [0, 0.05) is 19.1 Å². The van der Waals surface area contributed by atoms with Crippen molar-refractivity contribution in [2.45, 2.75) is 32.2 Å². The van der Waals surface area contributed by atoms with E-state index in [-0.39, 0.29) is 6.04 Å². The van der Waals surface area contributed by atoms with Crippen molar-refractivity contribution in [3.8, 4) is 11.5 Å². The van der Waals surface area contributed by atoms with Gasteiger partial charge in [-0.05, 0) is 43.0 Å². The lowest BCUT2D eigenvalue weighted by Gasteiger charge is -2.23. The number of nitrogens with two attached hydrogens (primary N) is 1.